The summed E-state index contributed by atoms with van der Waals surface area (Å²) in [6, 6.07) is 0. The van der Waals surface area contributed by atoms with Gasteiger partial charge in [0.1, 0.15) is 0 Å². The fourth-order valence-corrected chi connectivity index (χ4v) is 7.59. The van der Waals surface area contributed by atoms with Crippen LogP contribution in [0.25, 0.3) is 0 Å². The normalized spacial score (nSPS) is 28.3. The van der Waals surface area contributed by atoms with Crippen molar-refractivity contribution >= 4 is 7.92 Å². The third-order valence-electron chi connectivity index (χ3n) is 5.55. The van der Waals surface area contributed by atoms with E-state index in [0.29, 0.717) is 7.92 Å². The van der Waals surface area contributed by atoms with Crippen molar-refractivity contribution in [3.8, 4) is 0 Å². The molecule has 2 aliphatic rings. The second kappa shape index (κ2) is 8.66. The molecule has 0 bridgehead atoms. The highest BCUT2D eigenvalue weighted by atomic mass is 31.1. The van der Waals surface area contributed by atoms with Crippen molar-refractivity contribution < 1.29 is 0 Å². The smallest absolute Gasteiger partial charge is 0.0123 e. The molecule has 2 fully saturated rings. The predicted molar refractivity (Wildman–Crippen MR) is 89.7 cm³/mol. The third-order valence-corrected chi connectivity index (χ3v) is 9.24. The Hall–Kier alpha value is 0.430. The summed E-state index contributed by atoms with van der Waals surface area (Å²) < 4.78 is 0. The fraction of sp³-hybridized carbons (Fsp3) is 1.00. The lowest BCUT2D eigenvalue weighted by Crippen LogP contribution is -2.25. The van der Waals surface area contributed by atoms with Gasteiger partial charge >= 0.3 is 0 Å². The molecule has 1 saturated heterocycles. The molecule has 1 heterocycles. The van der Waals surface area contributed by atoms with Crippen molar-refractivity contribution in [2.75, 3.05) is 12.3 Å². The van der Waals surface area contributed by atoms with Gasteiger partial charge in [-0.3, -0.25) is 0 Å². The van der Waals surface area contributed by atoms with Gasteiger partial charge in [-0.25, -0.2) is 0 Å². The van der Waals surface area contributed by atoms with Crippen LogP contribution in [0.1, 0.15) is 96.8 Å². The molecule has 1 aliphatic carbocycles. The SMILES string of the molecule is CC1(P2CCCCCCCC2)CCCCCCCC1. The van der Waals surface area contributed by atoms with Gasteiger partial charge < -0.3 is 0 Å². The van der Waals surface area contributed by atoms with E-state index in [1.54, 1.807) is 38.0 Å². The number of hydrogen-bond donors (Lipinski definition) is 0. The molecule has 0 N–H and O–H groups in total. The van der Waals surface area contributed by atoms with Crippen molar-refractivity contribution in [3.63, 3.8) is 0 Å². The van der Waals surface area contributed by atoms with Crippen LogP contribution >= 0.6 is 7.92 Å². The molecule has 0 unspecified atom stereocenters. The van der Waals surface area contributed by atoms with Crippen LogP contribution < -0.4 is 0 Å². The summed E-state index contributed by atoms with van der Waals surface area (Å²) in [5, 5.41) is 0.754. The highest BCUT2D eigenvalue weighted by Gasteiger charge is 2.32. The minimum Gasteiger partial charge on any atom is -0.101 e. The summed E-state index contributed by atoms with van der Waals surface area (Å²) in [7, 11) is 0.327. The molecule has 0 nitrogen and oxygen atoms in total. The molecule has 0 atom stereocenters. The Labute approximate surface area is 122 Å². The van der Waals surface area contributed by atoms with E-state index in [2.05, 4.69) is 6.92 Å². The zero-order valence-corrected chi connectivity index (χ0v) is 14.2. The molecule has 0 amide bonds. The van der Waals surface area contributed by atoms with E-state index in [4.69, 9.17) is 0 Å². The third kappa shape index (κ3) is 5.37. The second-order valence-corrected chi connectivity index (χ2v) is 10.3. The molecule has 112 valence electrons. The number of hydrogen-bond acceptors (Lipinski definition) is 0. The molecule has 0 aromatic rings. The average Bonchev–Trinajstić information content (AvgIpc) is 2.61. The van der Waals surface area contributed by atoms with E-state index in [9.17, 15) is 0 Å². The maximum Gasteiger partial charge on any atom is -0.0123 e. The van der Waals surface area contributed by atoms with E-state index in [1.807, 2.05) is 0 Å². The van der Waals surface area contributed by atoms with Gasteiger partial charge in [0.05, 0.1) is 0 Å². The molecule has 19 heavy (non-hydrogen) atoms. The minimum absolute atomic E-state index is 0.327. The average molecular weight is 282 g/mol. The van der Waals surface area contributed by atoms with E-state index in [0.717, 1.165) is 5.16 Å². The Balaban J connectivity index is 1.95. The fourth-order valence-electron chi connectivity index (χ4n) is 4.12. The summed E-state index contributed by atoms with van der Waals surface area (Å²) in [5.74, 6) is 0. The Morgan fingerprint density at radius 3 is 1.37 bits per heavy atom. The summed E-state index contributed by atoms with van der Waals surface area (Å²) in [5.41, 5.74) is 0. The van der Waals surface area contributed by atoms with Crippen molar-refractivity contribution in [2.45, 2.75) is 102 Å². The molecule has 0 aromatic heterocycles. The van der Waals surface area contributed by atoms with Crippen LogP contribution in [-0.4, -0.2) is 17.5 Å². The largest absolute Gasteiger partial charge is 0.101 e. The van der Waals surface area contributed by atoms with Gasteiger partial charge in [-0.15, -0.1) is 7.92 Å². The zero-order valence-electron chi connectivity index (χ0n) is 13.3. The van der Waals surface area contributed by atoms with Gasteiger partial charge in [-0.2, -0.15) is 0 Å². The molecule has 1 aliphatic heterocycles. The Bertz CT molecular complexity index is 216. The van der Waals surface area contributed by atoms with E-state index < -0.39 is 0 Å². The minimum atomic E-state index is 0.327. The quantitative estimate of drug-likeness (QED) is 0.468. The molecule has 0 aromatic carbocycles. The first-order valence-electron chi connectivity index (χ1n) is 9.06. The Kier molecular flexibility index (Phi) is 7.21. The Morgan fingerprint density at radius 2 is 0.895 bits per heavy atom. The van der Waals surface area contributed by atoms with Gasteiger partial charge in [0.15, 0.2) is 0 Å². The molecule has 1 saturated carbocycles. The van der Waals surface area contributed by atoms with Gasteiger partial charge in [0.25, 0.3) is 0 Å². The highest BCUT2D eigenvalue weighted by Crippen LogP contribution is 2.56. The van der Waals surface area contributed by atoms with Gasteiger partial charge in [-0.1, -0.05) is 71.1 Å². The van der Waals surface area contributed by atoms with Crippen LogP contribution in [0.3, 0.4) is 0 Å². The van der Waals surface area contributed by atoms with Crippen molar-refractivity contribution in [1.82, 2.24) is 0 Å². The standard InChI is InChI=1S/C18H35P/c1-18(14-10-6-2-3-7-11-15-18)19-16-12-8-4-5-9-13-17-19/h2-17H2,1H3. The predicted octanol–water partition coefficient (Wildman–Crippen LogP) is 6.72. The topological polar surface area (TPSA) is 0 Å². The summed E-state index contributed by atoms with van der Waals surface area (Å²) in [4.78, 5) is 0. The first kappa shape index (κ1) is 15.8. The van der Waals surface area contributed by atoms with Crippen molar-refractivity contribution in [2.24, 2.45) is 0 Å². The monoisotopic (exact) mass is 282 g/mol. The van der Waals surface area contributed by atoms with Crippen LogP contribution in [0.5, 0.6) is 0 Å². The lowest BCUT2D eigenvalue weighted by molar-refractivity contribution is 0.497. The zero-order chi connectivity index (χ0) is 13.4. The first-order chi connectivity index (χ1) is 9.31. The van der Waals surface area contributed by atoms with E-state index >= 15 is 0 Å². The summed E-state index contributed by atoms with van der Waals surface area (Å²) in [6.07, 6.45) is 24.6. The second-order valence-electron chi connectivity index (χ2n) is 7.23. The molecular formula is C18H35P. The molecular weight excluding hydrogens is 247 g/mol. The highest BCUT2D eigenvalue weighted by molar-refractivity contribution is 7.59. The van der Waals surface area contributed by atoms with Crippen LogP contribution in [-0.2, 0) is 0 Å². The maximum atomic E-state index is 2.68. The lowest BCUT2D eigenvalue weighted by Gasteiger charge is -2.39. The van der Waals surface area contributed by atoms with Crippen molar-refractivity contribution in [1.29, 1.82) is 0 Å². The van der Waals surface area contributed by atoms with Gasteiger partial charge in [0, 0.05) is 0 Å². The Morgan fingerprint density at radius 1 is 0.526 bits per heavy atom. The summed E-state index contributed by atoms with van der Waals surface area (Å²) >= 11 is 0. The van der Waals surface area contributed by atoms with Crippen LogP contribution in [0.2, 0.25) is 0 Å². The van der Waals surface area contributed by atoms with E-state index in [-0.39, 0.29) is 0 Å². The van der Waals surface area contributed by atoms with Crippen molar-refractivity contribution in [3.05, 3.63) is 0 Å². The van der Waals surface area contributed by atoms with Crippen LogP contribution in [0.15, 0.2) is 0 Å². The molecule has 0 spiro atoms. The molecule has 1 heteroatoms. The number of rotatable bonds is 1. The summed E-state index contributed by atoms with van der Waals surface area (Å²) in [6.45, 7) is 2.68. The maximum absolute atomic E-state index is 2.68. The van der Waals surface area contributed by atoms with E-state index in [1.165, 1.54) is 64.2 Å². The van der Waals surface area contributed by atoms with Crippen LogP contribution in [0.4, 0.5) is 0 Å². The van der Waals surface area contributed by atoms with Gasteiger partial charge in [0.2, 0.25) is 0 Å². The molecule has 2 rings (SSSR count). The van der Waals surface area contributed by atoms with Gasteiger partial charge in [-0.05, 0) is 43.2 Å². The lowest BCUT2D eigenvalue weighted by atomic mass is 9.98. The van der Waals surface area contributed by atoms with Crippen LogP contribution in [0, 0.1) is 0 Å². The first-order valence-corrected chi connectivity index (χ1v) is 10.8. The molecule has 0 radical (unpaired) electrons.